The fourth-order valence-corrected chi connectivity index (χ4v) is 5.28. The number of carbonyl (C=O) groups is 2. The summed E-state index contributed by atoms with van der Waals surface area (Å²) in [7, 11) is 0. The zero-order chi connectivity index (χ0) is 29.1. The monoisotopic (exact) mass is 554 g/mol. The molecule has 5 aromatic rings. The third kappa shape index (κ3) is 5.51. The van der Waals surface area contributed by atoms with Crippen LogP contribution in [-0.2, 0) is 19.4 Å². The highest BCUT2D eigenvalue weighted by molar-refractivity contribution is 5.91. The molecular formula is C34H30N6O2. The quantitative estimate of drug-likeness (QED) is 0.239. The summed E-state index contributed by atoms with van der Waals surface area (Å²) in [4.78, 5) is 44.7. The number of aromatic nitrogens is 4. The van der Waals surface area contributed by atoms with Gasteiger partial charge in [-0.2, -0.15) is 0 Å². The minimum absolute atomic E-state index is 0.174. The van der Waals surface area contributed by atoms with Crippen molar-refractivity contribution in [1.82, 2.24) is 24.8 Å². The van der Waals surface area contributed by atoms with Gasteiger partial charge in [-0.3, -0.25) is 4.79 Å². The molecule has 0 atom stereocenters. The van der Waals surface area contributed by atoms with Crippen molar-refractivity contribution >= 4 is 18.0 Å². The lowest BCUT2D eigenvalue weighted by Crippen LogP contribution is -2.39. The van der Waals surface area contributed by atoms with Crippen LogP contribution < -0.4 is 5.32 Å². The van der Waals surface area contributed by atoms with E-state index in [4.69, 9.17) is 9.97 Å². The van der Waals surface area contributed by atoms with Gasteiger partial charge in [0, 0.05) is 47.7 Å². The van der Waals surface area contributed by atoms with Crippen LogP contribution in [0, 0.1) is 6.92 Å². The van der Waals surface area contributed by atoms with Crippen molar-refractivity contribution in [2.75, 3.05) is 11.9 Å². The number of aryl methyl sites for hydroxylation is 2. The number of anilines is 1. The molecule has 0 fully saturated rings. The van der Waals surface area contributed by atoms with E-state index in [1.807, 2.05) is 41.3 Å². The van der Waals surface area contributed by atoms with Crippen LogP contribution in [0.4, 0.5) is 10.5 Å². The highest BCUT2D eigenvalue weighted by Gasteiger charge is 2.27. The molecule has 0 aliphatic carbocycles. The second-order valence-corrected chi connectivity index (χ2v) is 10.4. The Morgan fingerprint density at radius 1 is 0.952 bits per heavy atom. The minimum atomic E-state index is -0.174. The van der Waals surface area contributed by atoms with Crippen LogP contribution in [0.5, 0.6) is 0 Å². The Bertz CT molecular complexity index is 1770. The van der Waals surface area contributed by atoms with E-state index in [-0.39, 0.29) is 6.03 Å². The molecule has 8 heteroatoms. The van der Waals surface area contributed by atoms with E-state index in [9.17, 15) is 9.59 Å². The van der Waals surface area contributed by atoms with Crippen molar-refractivity contribution in [3.8, 4) is 33.8 Å². The third-order valence-electron chi connectivity index (χ3n) is 7.60. The second-order valence-electron chi connectivity index (χ2n) is 10.4. The number of amides is 2. The van der Waals surface area contributed by atoms with Gasteiger partial charge in [0.25, 0.3) is 0 Å². The van der Waals surface area contributed by atoms with Gasteiger partial charge in [-0.05, 0) is 47.7 Å². The Kier molecular flexibility index (Phi) is 7.51. The van der Waals surface area contributed by atoms with E-state index in [0.29, 0.717) is 30.9 Å². The van der Waals surface area contributed by atoms with Crippen LogP contribution in [0.3, 0.4) is 0 Å². The standard InChI is InChI=1S/C34H30N6O2/c1-3-23-14-26(25-10-8-24(20-41)9-11-25)16-28(15-23)37-34(42)40-13-12-31-30(19-40)32(29-7-5-4-6-22(29)2)39-33(38-31)27-17-35-21-36-18-27/h4-11,14-18,20-21H,3,12-13,19H2,1-2H3,(H,37,42). The molecule has 0 saturated heterocycles. The van der Waals surface area contributed by atoms with Gasteiger partial charge in [0.15, 0.2) is 5.82 Å². The Morgan fingerprint density at radius 2 is 1.74 bits per heavy atom. The van der Waals surface area contributed by atoms with Crippen molar-refractivity contribution in [2.24, 2.45) is 0 Å². The first-order valence-electron chi connectivity index (χ1n) is 14.0. The predicted molar refractivity (Wildman–Crippen MR) is 163 cm³/mol. The number of nitrogens with zero attached hydrogens (tertiary/aromatic N) is 5. The Labute approximate surface area is 244 Å². The molecule has 0 unspecified atom stereocenters. The molecule has 6 rings (SSSR count). The van der Waals surface area contributed by atoms with E-state index in [1.165, 1.54) is 6.33 Å². The largest absolute Gasteiger partial charge is 0.322 e. The van der Waals surface area contributed by atoms with Crippen molar-refractivity contribution in [3.05, 3.63) is 113 Å². The molecule has 1 N–H and O–H groups in total. The predicted octanol–water partition coefficient (Wildman–Crippen LogP) is 6.54. The number of hydrogen-bond acceptors (Lipinski definition) is 6. The molecule has 3 aromatic carbocycles. The summed E-state index contributed by atoms with van der Waals surface area (Å²) >= 11 is 0. The van der Waals surface area contributed by atoms with Gasteiger partial charge >= 0.3 is 6.03 Å². The molecule has 0 saturated carbocycles. The van der Waals surface area contributed by atoms with E-state index in [2.05, 4.69) is 47.3 Å². The van der Waals surface area contributed by atoms with E-state index in [0.717, 1.165) is 68.7 Å². The fraction of sp³-hybridized carbons (Fsp3) is 0.176. The number of aldehydes is 1. The molecule has 2 amide bonds. The van der Waals surface area contributed by atoms with E-state index < -0.39 is 0 Å². The van der Waals surface area contributed by atoms with Crippen molar-refractivity contribution in [3.63, 3.8) is 0 Å². The SMILES string of the molecule is CCc1cc(NC(=O)N2CCc3nc(-c4cncnc4)nc(-c4ccccc4C)c3C2)cc(-c2ccc(C=O)cc2)c1. The fourth-order valence-electron chi connectivity index (χ4n) is 5.28. The van der Waals surface area contributed by atoms with Crippen molar-refractivity contribution < 1.29 is 9.59 Å². The van der Waals surface area contributed by atoms with Crippen molar-refractivity contribution in [2.45, 2.75) is 33.2 Å². The molecule has 0 spiro atoms. The number of rotatable bonds is 6. The third-order valence-corrected chi connectivity index (χ3v) is 7.60. The Balaban J connectivity index is 1.31. The lowest BCUT2D eigenvalue weighted by Gasteiger charge is -2.30. The first kappa shape index (κ1) is 27.0. The van der Waals surface area contributed by atoms with E-state index >= 15 is 0 Å². The first-order chi connectivity index (χ1) is 20.5. The average molecular weight is 555 g/mol. The molecule has 42 heavy (non-hydrogen) atoms. The summed E-state index contributed by atoms with van der Waals surface area (Å²) < 4.78 is 0. The van der Waals surface area contributed by atoms with Crippen LogP contribution >= 0.6 is 0 Å². The number of benzene rings is 3. The van der Waals surface area contributed by atoms with Gasteiger partial charge in [0.1, 0.15) is 12.6 Å². The molecule has 0 bridgehead atoms. The first-order valence-corrected chi connectivity index (χ1v) is 14.0. The molecule has 2 aromatic heterocycles. The number of nitrogens with one attached hydrogen (secondary N) is 1. The van der Waals surface area contributed by atoms with Crippen LogP contribution in [0.15, 0.2) is 85.5 Å². The van der Waals surface area contributed by atoms with E-state index in [1.54, 1.807) is 24.5 Å². The van der Waals surface area contributed by atoms with Gasteiger partial charge in [-0.1, -0.05) is 61.5 Å². The molecule has 208 valence electrons. The van der Waals surface area contributed by atoms with Gasteiger partial charge in [0.05, 0.1) is 23.5 Å². The second kappa shape index (κ2) is 11.7. The van der Waals surface area contributed by atoms with Gasteiger partial charge in [-0.15, -0.1) is 0 Å². The number of fused-ring (bicyclic) bond motifs is 1. The number of carbonyl (C=O) groups excluding carboxylic acids is 2. The lowest BCUT2D eigenvalue weighted by molar-refractivity contribution is 0.112. The van der Waals surface area contributed by atoms with Crippen LogP contribution in [0.25, 0.3) is 33.8 Å². The number of urea groups is 1. The zero-order valence-electron chi connectivity index (χ0n) is 23.5. The normalized spacial score (nSPS) is 12.5. The molecule has 1 aliphatic rings. The molecular weight excluding hydrogens is 524 g/mol. The minimum Gasteiger partial charge on any atom is -0.320 e. The summed E-state index contributed by atoms with van der Waals surface area (Å²) in [5, 5.41) is 3.13. The van der Waals surface area contributed by atoms with Crippen LogP contribution in [-0.4, -0.2) is 43.7 Å². The lowest BCUT2D eigenvalue weighted by atomic mass is 9.96. The van der Waals surface area contributed by atoms with Crippen molar-refractivity contribution in [1.29, 1.82) is 0 Å². The summed E-state index contributed by atoms with van der Waals surface area (Å²) in [6.07, 6.45) is 7.19. The topological polar surface area (TPSA) is 101 Å². The summed E-state index contributed by atoms with van der Waals surface area (Å²) in [5.41, 5.74) is 10.0. The smallest absolute Gasteiger partial charge is 0.320 e. The molecule has 0 radical (unpaired) electrons. The van der Waals surface area contributed by atoms with Crippen LogP contribution in [0.1, 0.15) is 39.7 Å². The summed E-state index contributed by atoms with van der Waals surface area (Å²) in [5.74, 6) is 0.579. The molecule has 1 aliphatic heterocycles. The zero-order valence-corrected chi connectivity index (χ0v) is 23.5. The summed E-state index contributed by atoms with van der Waals surface area (Å²) in [6.45, 7) is 5.07. The van der Waals surface area contributed by atoms with Gasteiger partial charge in [-0.25, -0.2) is 24.7 Å². The maximum absolute atomic E-state index is 13.6. The maximum Gasteiger partial charge on any atom is 0.322 e. The Hall–Kier alpha value is -5.24. The average Bonchev–Trinajstić information content (AvgIpc) is 3.04. The maximum atomic E-state index is 13.6. The Morgan fingerprint density at radius 3 is 2.48 bits per heavy atom. The highest BCUT2D eigenvalue weighted by Crippen LogP contribution is 2.33. The van der Waals surface area contributed by atoms with Crippen LogP contribution in [0.2, 0.25) is 0 Å². The molecule has 8 nitrogen and oxygen atoms in total. The van der Waals surface area contributed by atoms with Gasteiger partial charge < -0.3 is 10.2 Å². The molecule has 3 heterocycles. The summed E-state index contributed by atoms with van der Waals surface area (Å²) in [6, 6.07) is 21.5. The number of hydrogen-bond donors (Lipinski definition) is 1. The van der Waals surface area contributed by atoms with Gasteiger partial charge in [0.2, 0.25) is 0 Å². The highest BCUT2D eigenvalue weighted by atomic mass is 16.2.